The predicted octanol–water partition coefficient (Wildman–Crippen LogP) is 2.44. The van der Waals surface area contributed by atoms with E-state index in [0.717, 1.165) is 6.20 Å². The number of methoxy groups -OCH3 is 1. The third-order valence-corrected chi connectivity index (χ3v) is 2.45. The Labute approximate surface area is 104 Å². The Balaban J connectivity index is 3.05. The van der Waals surface area contributed by atoms with Gasteiger partial charge in [0.25, 0.3) is 6.43 Å². The van der Waals surface area contributed by atoms with E-state index in [1.165, 1.54) is 7.11 Å². The molecule has 0 saturated carbocycles. The Bertz CT molecular complexity index is 436. The fourth-order valence-corrected chi connectivity index (χ4v) is 1.60. The predicted molar refractivity (Wildman–Crippen MR) is 60.8 cm³/mol. The Hall–Kier alpha value is -1.72. The highest BCUT2D eigenvalue weighted by Gasteiger charge is 2.20. The van der Waals surface area contributed by atoms with Crippen molar-refractivity contribution >= 4 is 5.97 Å². The van der Waals surface area contributed by atoms with Crippen LogP contribution in [0.2, 0.25) is 0 Å². The zero-order valence-corrected chi connectivity index (χ0v) is 10.5. The summed E-state index contributed by atoms with van der Waals surface area (Å²) < 4.78 is 35.1. The monoisotopic (exact) mass is 259 g/mol. The maximum atomic E-state index is 12.7. The lowest BCUT2D eigenvalue weighted by Gasteiger charge is -2.13. The van der Waals surface area contributed by atoms with Gasteiger partial charge in [-0.25, -0.2) is 8.78 Å². The summed E-state index contributed by atoms with van der Waals surface area (Å²) in [6.07, 6.45) is -1.69. The van der Waals surface area contributed by atoms with Crippen molar-refractivity contribution in [3.8, 4) is 5.75 Å². The quantitative estimate of drug-likeness (QED) is 0.762. The summed E-state index contributed by atoms with van der Waals surface area (Å²) in [4.78, 5) is 15.2. The van der Waals surface area contributed by atoms with Crippen LogP contribution in [-0.2, 0) is 16.0 Å². The number of nitrogens with zero attached hydrogens (tertiary/aromatic N) is 1. The van der Waals surface area contributed by atoms with Gasteiger partial charge in [0, 0.05) is 11.8 Å². The Kier molecular flexibility index (Phi) is 5.00. The van der Waals surface area contributed by atoms with Crippen LogP contribution >= 0.6 is 0 Å². The standard InChI is InChI=1S/C12H15F2NO3/c1-4-18-10(16)5-9-7(2)11(17-3)8(6-15-9)12(13)14/h6,12H,4-5H2,1-3H3. The van der Waals surface area contributed by atoms with Gasteiger partial charge in [-0.1, -0.05) is 0 Å². The number of hydrogen-bond acceptors (Lipinski definition) is 4. The first-order chi connectivity index (χ1) is 8.51. The van der Waals surface area contributed by atoms with Crippen LogP contribution in [0.4, 0.5) is 8.78 Å². The normalized spacial score (nSPS) is 10.6. The highest BCUT2D eigenvalue weighted by atomic mass is 19.3. The number of ether oxygens (including phenoxy) is 2. The van der Waals surface area contributed by atoms with Crippen LogP contribution < -0.4 is 4.74 Å². The lowest BCUT2D eigenvalue weighted by Crippen LogP contribution is -2.11. The molecule has 18 heavy (non-hydrogen) atoms. The van der Waals surface area contributed by atoms with Crippen molar-refractivity contribution in [2.24, 2.45) is 0 Å². The summed E-state index contributed by atoms with van der Waals surface area (Å²) in [5, 5.41) is 0. The molecular formula is C12H15F2NO3. The maximum absolute atomic E-state index is 12.7. The van der Waals surface area contributed by atoms with E-state index in [1.54, 1.807) is 13.8 Å². The highest BCUT2D eigenvalue weighted by Crippen LogP contribution is 2.32. The second kappa shape index (κ2) is 6.28. The van der Waals surface area contributed by atoms with Crippen molar-refractivity contribution in [2.45, 2.75) is 26.7 Å². The van der Waals surface area contributed by atoms with Crippen LogP contribution in [0.1, 0.15) is 30.2 Å². The minimum Gasteiger partial charge on any atom is -0.496 e. The molecule has 0 spiro atoms. The minimum atomic E-state index is -2.66. The Morgan fingerprint density at radius 2 is 2.17 bits per heavy atom. The van der Waals surface area contributed by atoms with Crippen LogP contribution in [0, 0.1) is 6.92 Å². The second-order valence-corrected chi connectivity index (χ2v) is 3.60. The molecule has 0 aliphatic carbocycles. The van der Waals surface area contributed by atoms with Crippen LogP contribution in [0.3, 0.4) is 0 Å². The molecule has 0 unspecified atom stereocenters. The van der Waals surface area contributed by atoms with Gasteiger partial charge in [0.15, 0.2) is 0 Å². The largest absolute Gasteiger partial charge is 0.496 e. The minimum absolute atomic E-state index is 0.0560. The lowest BCUT2D eigenvalue weighted by molar-refractivity contribution is -0.142. The van der Waals surface area contributed by atoms with Crippen molar-refractivity contribution < 1.29 is 23.0 Å². The van der Waals surface area contributed by atoms with Gasteiger partial charge in [-0.2, -0.15) is 0 Å². The first kappa shape index (κ1) is 14.3. The molecule has 1 heterocycles. The first-order valence-corrected chi connectivity index (χ1v) is 5.47. The van der Waals surface area contributed by atoms with E-state index in [0.29, 0.717) is 11.3 Å². The molecule has 0 aliphatic rings. The summed E-state index contributed by atoms with van der Waals surface area (Å²) in [5.74, 6) is -0.376. The fraction of sp³-hybridized carbons (Fsp3) is 0.500. The molecule has 0 saturated heterocycles. The van der Waals surface area contributed by atoms with E-state index in [1.807, 2.05) is 0 Å². The number of hydrogen-bond donors (Lipinski definition) is 0. The summed E-state index contributed by atoms with van der Waals surface area (Å²) in [5.41, 5.74) is 0.542. The SMILES string of the molecule is CCOC(=O)Cc1ncc(C(F)F)c(OC)c1C. The number of alkyl halides is 2. The molecule has 6 heteroatoms. The maximum Gasteiger partial charge on any atom is 0.311 e. The van der Waals surface area contributed by atoms with Gasteiger partial charge in [-0.3, -0.25) is 9.78 Å². The molecule has 100 valence electrons. The second-order valence-electron chi connectivity index (χ2n) is 3.60. The average molecular weight is 259 g/mol. The van der Waals surface area contributed by atoms with Crippen molar-refractivity contribution in [3.63, 3.8) is 0 Å². The van der Waals surface area contributed by atoms with Crippen molar-refractivity contribution in [3.05, 3.63) is 23.0 Å². The summed E-state index contributed by atoms with van der Waals surface area (Å²) >= 11 is 0. The van der Waals surface area contributed by atoms with Crippen LogP contribution in [0.15, 0.2) is 6.20 Å². The number of carbonyl (C=O) groups is 1. The summed E-state index contributed by atoms with van der Waals surface area (Å²) in [6, 6.07) is 0. The molecule has 0 atom stereocenters. The van der Waals surface area contributed by atoms with E-state index in [9.17, 15) is 13.6 Å². The molecule has 0 fully saturated rings. The van der Waals surface area contributed by atoms with E-state index in [-0.39, 0.29) is 24.3 Å². The van der Waals surface area contributed by atoms with Crippen LogP contribution in [-0.4, -0.2) is 24.7 Å². The van der Waals surface area contributed by atoms with Gasteiger partial charge in [0.2, 0.25) is 0 Å². The number of aromatic nitrogens is 1. The van der Waals surface area contributed by atoms with Crippen molar-refractivity contribution in [2.75, 3.05) is 13.7 Å². The molecule has 0 amide bonds. The van der Waals surface area contributed by atoms with Gasteiger partial charge in [-0.15, -0.1) is 0 Å². The van der Waals surface area contributed by atoms with E-state index in [2.05, 4.69) is 4.98 Å². The molecule has 1 aromatic heterocycles. The summed E-state index contributed by atoms with van der Waals surface area (Å²) in [7, 11) is 1.31. The smallest absolute Gasteiger partial charge is 0.311 e. The number of halogens is 2. The van der Waals surface area contributed by atoms with Crippen molar-refractivity contribution in [1.29, 1.82) is 0 Å². The van der Waals surface area contributed by atoms with Gasteiger partial charge < -0.3 is 9.47 Å². The lowest BCUT2D eigenvalue weighted by atomic mass is 10.1. The highest BCUT2D eigenvalue weighted by molar-refractivity contribution is 5.72. The van der Waals surface area contributed by atoms with Gasteiger partial charge in [-0.05, 0) is 13.8 Å². The zero-order valence-electron chi connectivity index (χ0n) is 10.5. The molecule has 0 radical (unpaired) electrons. The molecule has 0 bridgehead atoms. The zero-order chi connectivity index (χ0) is 13.7. The number of esters is 1. The molecule has 1 aromatic rings. The average Bonchev–Trinajstić information content (AvgIpc) is 2.31. The van der Waals surface area contributed by atoms with E-state index < -0.39 is 12.4 Å². The number of rotatable bonds is 5. The molecule has 4 nitrogen and oxygen atoms in total. The number of pyridine rings is 1. The van der Waals surface area contributed by atoms with E-state index in [4.69, 9.17) is 9.47 Å². The summed E-state index contributed by atoms with van der Waals surface area (Å²) in [6.45, 7) is 3.55. The molecule has 1 rings (SSSR count). The molecule has 0 aromatic carbocycles. The van der Waals surface area contributed by atoms with Gasteiger partial charge >= 0.3 is 5.97 Å². The first-order valence-electron chi connectivity index (χ1n) is 5.47. The third-order valence-electron chi connectivity index (χ3n) is 2.45. The van der Waals surface area contributed by atoms with E-state index >= 15 is 0 Å². The van der Waals surface area contributed by atoms with Gasteiger partial charge in [0.1, 0.15) is 5.75 Å². The van der Waals surface area contributed by atoms with Crippen LogP contribution in [0.5, 0.6) is 5.75 Å². The Morgan fingerprint density at radius 3 is 2.67 bits per heavy atom. The topological polar surface area (TPSA) is 48.4 Å². The van der Waals surface area contributed by atoms with Crippen LogP contribution in [0.25, 0.3) is 0 Å². The third kappa shape index (κ3) is 3.15. The van der Waals surface area contributed by atoms with Crippen molar-refractivity contribution in [1.82, 2.24) is 4.98 Å². The Morgan fingerprint density at radius 1 is 1.50 bits per heavy atom. The van der Waals surface area contributed by atoms with Gasteiger partial charge in [0.05, 0.1) is 31.4 Å². The molecular weight excluding hydrogens is 244 g/mol. The fourth-order valence-electron chi connectivity index (χ4n) is 1.60. The molecule has 0 aliphatic heterocycles. The number of carbonyl (C=O) groups excluding carboxylic acids is 1. The molecule has 0 N–H and O–H groups in total.